The van der Waals surface area contributed by atoms with Crippen molar-refractivity contribution in [3.8, 4) is 11.8 Å². The summed E-state index contributed by atoms with van der Waals surface area (Å²) in [5, 5.41) is 14.5. The van der Waals surface area contributed by atoms with E-state index >= 15 is 0 Å². The Hall–Kier alpha value is -1.95. The maximum atomic E-state index is 12.0. The van der Waals surface area contributed by atoms with Gasteiger partial charge in [0.1, 0.15) is 11.8 Å². The van der Waals surface area contributed by atoms with Crippen molar-refractivity contribution in [1.29, 1.82) is 5.26 Å². The molecule has 2 N–H and O–H groups in total. The number of hydrogen-bond acceptors (Lipinski definition) is 4. The molecule has 0 unspecified atom stereocenters. The van der Waals surface area contributed by atoms with Crippen LogP contribution in [-0.2, 0) is 4.79 Å². The molecule has 2 aromatic rings. The minimum Gasteiger partial charge on any atom is -0.482 e. The van der Waals surface area contributed by atoms with Gasteiger partial charge in [-0.2, -0.15) is 5.26 Å². The smallest absolute Gasteiger partial charge is 0.264 e. The number of ether oxygens (including phenoxy) is 1. The lowest BCUT2D eigenvalue weighted by atomic mass is 10.2. The molecule has 0 atom stereocenters. The number of nitrogens with zero attached hydrogens (tertiary/aromatic N) is 1. The Kier molecular flexibility index (Phi) is 6.93. The Morgan fingerprint density at radius 1 is 1.32 bits per heavy atom. The fraction of sp³-hybridized carbons (Fsp3) is 0.118. The van der Waals surface area contributed by atoms with Gasteiger partial charge in [0.2, 0.25) is 0 Å². The second kappa shape index (κ2) is 8.94. The molecule has 0 bridgehead atoms. The van der Waals surface area contributed by atoms with Gasteiger partial charge in [-0.25, -0.2) is 0 Å². The molecule has 0 aliphatic carbocycles. The molecule has 0 heterocycles. The monoisotopic (exact) mass is 481 g/mol. The number of nitriles is 1. The number of aryl methyl sites for hydroxylation is 1. The number of thiocarbonyl (C=S) groups is 1. The number of anilines is 1. The van der Waals surface area contributed by atoms with Crippen molar-refractivity contribution < 1.29 is 9.53 Å². The maximum Gasteiger partial charge on any atom is 0.264 e. The molecule has 2 aromatic carbocycles. The second-order valence-corrected chi connectivity index (χ2v) is 7.16. The lowest BCUT2D eigenvalue weighted by molar-refractivity contribution is -0.121. The first kappa shape index (κ1) is 19.4. The first-order valence-electron chi connectivity index (χ1n) is 7.09. The van der Waals surface area contributed by atoms with Gasteiger partial charge in [0.15, 0.2) is 11.7 Å². The summed E-state index contributed by atoms with van der Waals surface area (Å²) in [5.41, 5.74) is 1.85. The van der Waals surface area contributed by atoms with Crippen LogP contribution in [0.15, 0.2) is 45.3 Å². The van der Waals surface area contributed by atoms with Gasteiger partial charge in [0, 0.05) is 4.47 Å². The van der Waals surface area contributed by atoms with E-state index in [1.165, 1.54) is 0 Å². The van der Waals surface area contributed by atoms with Gasteiger partial charge in [0.05, 0.1) is 15.7 Å². The van der Waals surface area contributed by atoms with E-state index in [1.807, 2.05) is 25.1 Å². The summed E-state index contributed by atoms with van der Waals surface area (Å²) in [6, 6.07) is 12.7. The standard InChI is InChI=1S/C17H13Br2N3O2S/c1-10-6-12(18)7-13(19)16(10)24-9-15(23)22-17(25)21-14-5-3-2-4-11(14)8-20/h2-7H,9H2,1H3,(H2,21,22,23,25). The average molecular weight is 483 g/mol. The summed E-state index contributed by atoms with van der Waals surface area (Å²) < 4.78 is 7.22. The summed E-state index contributed by atoms with van der Waals surface area (Å²) in [6.45, 7) is 1.69. The van der Waals surface area contributed by atoms with Crippen molar-refractivity contribution in [3.63, 3.8) is 0 Å². The summed E-state index contributed by atoms with van der Waals surface area (Å²) >= 11 is 11.9. The van der Waals surface area contributed by atoms with Crippen LogP contribution in [0.4, 0.5) is 5.69 Å². The average Bonchev–Trinajstić information content (AvgIpc) is 2.54. The molecule has 0 fully saturated rings. The van der Waals surface area contributed by atoms with Crippen molar-refractivity contribution in [2.45, 2.75) is 6.92 Å². The molecule has 0 saturated heterocycles. The Bertz CT molecular complexity index is 842. The number of para-hydroxylation sites is 1. The molecule has 1 amide bonds. The molecular weight excluding hydrogens is 470 g/mol. The first-order valence-corrected chi connectivity index (χ1v) is 9.08. The molecule has 0 radical (unpaired) electrons. The minimum atomic E-state index is -0.402. The number of carbonyl (C=O) groups is 1. The Labute approximate surface area is 167 Å². The zero-order chi connectivity index (χ0) is 18.4. The van der Waals surface area contributed by atoms with Gasteiger partial charge in [0.25, 0.3) is 5.91 Å². The van der Waals surface area contributed by atoms with E-state index in [4.69, 9.17) is 22.2 Å². The van der Waals surface area contributed by atoms with Gasteiger partial charge >= 0.3 is 0 Å². The number of rotatable bonds is 4. The Morgan fingerprint density at radius 2 is 2.04 bits per heavy atom. The van der Waals surface area contributed by atoms with Crippen molar-refractivity contribution in [3.05, 3.63) is 56.5 Å². The molecule has 0 aliphatic rings. The van der Waals surface area contributed by atoms with Gasteiger partial charge < -0.3 is 10.1 Å². The van der Waals surface area contributed by atoms with Crippen LogP contribution < -0.4 is 15.4 Å². The van der Waals surface area contributed by atoms with Crippen LogP contribution in [0.5, 0.6) is 5.75 Å². The molecule has 25 heavy (non-hydrogen) atoms. The third kappa shape index (κ3) is 5.53. The molecule has 2 rings (SSSR count). The zero-order valence-corrected chi connectivity index (χ0v) is 17.1. The fourth-order valence-corrected chi connectivity index (χ4v) is 3.79. The van der Waals surface area contributed by atoms with Gasteiger partial charge in [-0.1, -0.05) is 28.1 Å². The number of amides is 1. The van der Waals surface area contributed by atoms with Crippen LogP contribution in [0.3, 0.4) is 0 Å². The van der Waals surface area contributed by atoms with Gasteiger partial charge in [-0.15, -0.1) is 0 Å². The highest BCUT2D eigenvalue weighted by Gasteiger charge is 2.11. The van der Waals surface area contributed by atoms with Crippen molar-refractivity contribution in [2.75, 3.05) is 11.9 Å². The van der Waals surface area contributed by atoms with E-state index in [-0.39, 0.29) is 11.7 Å². The molecule has 0 saturated carbocycles. The van der Waals surface area contributed by atoms with Crippen molar-refractivity contribution in [1.82, 2.24) is 5.32 Å². The molecule has 5 nitrogen and oxygen atoms in total. The normalized spacial score (nSPS) is 9.84. The number of carbonyl (C=O) groups excluding carboxylic acids is 1. The van der Waals surface area contributed by atoms with Crippen molar-refractivity contribution in [2.24, 2.45) is 0 Å². The minimum absolute atomic E-state index is 0.0999. The van der Waals surface area contributed by atoms with E-state index in [1.54, 1.807) is 24.3 Å². The molecule has 0 aromatic heterocycles. The predicted octanol–water partition coefficient (Wildman–Crippen LogP) is 4.28. The van der Waals surface area contributed by atoms with Crippen LogP contribution in [0.2, 0.25) is 0 Å². The highest BCUT2D eigenvalue weighted by molar-refractivity contribution is 9.11. The lowest BCUT2D eigenvalue weighted by Gasteiger charge is -2.13. The van der Waals surface area contributed by atoms with E-state index in [0.29, 0.717) is 17.0 Å². The second-order valence-electron chi connectivity index (χ2n) is 4.98. The highest BCUT2D eigenvalue weighted by atomic mass is 79.9. The van der Waals surface area contributed by atoms with Gasteiger partial charge in [-0.3, -0.25) is 10.1 Å². The van der Waals surface area contributed by atoms with E-state index in [0.717, 1.165) is 14.5 Å². The highest BCUT2D eigenvalue weighted by Crippen LogP contribution is 2.32. The molecule has 0 spiro atoms. The summed E-state index contributed by atoms with van der Waals surface area (Å²) in [5.74, 6) is 0.188. The number of hydrogen-bond donors (Lipinski definition) is 2. The Morgan fingerprint density at radius 3 is 2.72 bits per heavy atom. The third-order valence-corrected chi connectivity index (χ3v) is 4.34. The topological polar surface area (TPSA) is 74.2 Å². The van der Waals surface area contributed by atoms with E-state index < -0.39 is 5.91 Å². The van der Waals surface area contributed by atoms with E-state index in [9.17, 15) is 4.79 Å². The van der Waals surface area contributed by atoms with E-state index in [2.05, 4.69) is 42.5 Å². The van der Waals surface area contributed by atoms with Crippen LogP contribution in [0.1, 0.15) is 11.1 Å². The quantitative estimate of drug-likeness (QED) is 0.636. The fourth-order valence-electron chi connectivity index (χ4n) is 2.02. The third-order valence-electron chi connectivity index (χ3n) is 3.09. The molecule has 0 aliphatic heterocycles. The summed E-state index contributed by atoms with van der Waals surface area (Å²) in [7, 11) is 0. The largest absolute Gasteiger partial charge is 0.482 e. The van der Waals surface area contributed by atoms with Crippen LogP contribution in [0.25, 0.3) is 0 Å². The lowest BCUT2D eigenvalue weighted by Crippen LogP contribution is -2.37. The molecular formula is C17H13Br2N3O2S. The molecule has 128 valence electrons. The molecule has 8 heteroatoms. The Balaban J connectivity index is 1.92. The van der Waals surface area contributed by atoms with Gasteiger partial charge in [-0.05, 0) is 64.9 Å². The zero-order valence-electron chi connectivity index (χ0n) is 13.1. The number of nitrogens with one attached hydrogen (secondary N) is 2. The number of halogens is 2. The maximum absolute atomic E-state index is 12.0. The number of benzene rings is 2. The first-order chi connectivity index (χ1) is 11.9. The van der Waals surface area contributed by atoms with Crippen molar-refractivity contribution >= 4 is 60.8 Å². The summed E-state index contributed by atoms with van der Waals surface area (Å²) in [4.78, 5) is 12.0. The summed E-state index contributed by atoms with van der Waals surface area (Å²) in [6.07, 6.45) is 0. The SMILES string of the molecule is Cc1cc(Br)cc(Br)c1OCC(=O)NC(=S)Nc1ccccc1C#N. The van der Waals surface area contributed by atoms with Crippen LogP contribution in [-0.4, -0.2) is 17.6 Å². The van der Waals surface area contributed by atoms with Crippen LogP contribution >= 0.6 is 44.1 Å². The van der Waals surface area contributed by atoms with Crippen LogP contribution in [0, 0.1) is 18.3 Å². The predicted molar refractivity (Wildman–Crippen MR) is 108 cm³/mol.